The molecule has 1 aromatic rings. The standard InChI is InChI=1S/C18H23N3O4/c1-12-7-15(25-20-12)9-17(23)21-11-14(22)8-16(21)18(24)19-10-13-5-3-2-4-6-13/h2-6,14-16,22H,7-11H2,1H3,(H,19,24). The fourth-order valence-electron chi connectivity index (χ4n) is 3.23. The number of nitrogens with one attached hydrogen (secondary N) is 1. The van der Waals surface area contributed by atoms with E-state index in [1.165, 1.54) is 4.90 Å². The second kappa shape index (κ2) is 7.65. The fraction of sp³-hybridized carbons (Fsp3) is 0.500. The number of rotatable bonds is 5. The lowest BCUT2D eigenvalue weighted by molar-refractivity contribution is -0.140. The van der Waals surface area contributed by atoms with Crippen LogP contribution < -0.4 is 5.32 Å². The number of oxime groups is 1. The monoisotopic (exact) mass is 345 g/mol. The Morgan fingerprint density at radius 1 is 1.36 bits per heavy atom. The van der Waals surface area contributed by atoms with Crippen molar-refractivity contribution in [1.29, 1.82) is 0 Å². The van der Waals surface area contributed by atoms with Gasteiger partial charge in [-0.3, -0.25) is 9.59 Å². The van der Waals surface area contributed by atoms with Crippen LogP contribution in [0.1, 0.15) is 31.7 Å². The number of aliphatic hydroxyl groups is 1. The summed E-state index contributed by atoms with van der Waals surface area (Å²) < 4.78 is 0. The summed E-state index contributed by atoms with van der Waals surface area (Å²) in [5.74, 6) is -0.431. The number of hydrogen-bond acceptors (Lipinski definition) is 5. The molecule has 2 N–H and O–H groups in total. The maximum atomic E-state index is 12.5. The summed E-state index contributed by atoms with van der Waals surface area (Å²) in [5.41, 5.74) is 1.84. The molecule has 7 nitrogen and oxygen atoms in total. The maximum Gasteiger partial charge on any atom is 0.243 e. The van der Waals surface area contributed by atoms with Crippen molar-refractivity contribution in [3.63, 3.8) is 0 Å². The topological polar surface area (TPSA) is 91.2 Å². The number of carbonyl (C=O) groups is 2. The first kappa shape index (κ1) is 17.4. The van der Waals surface area contributed by atoms with Gasteiger partial charge in [0.1, 0.15) is 12.1 Å². The zero-order valence-corrected chi connectivity index (χ0v) is 14.2. The van der Waals surface area contributed by atoms with Crippen molar-refractivity contribution in [2.45, 2.75) is 51.0 Å². The van der Waals surface area contributed by atoms with Gasteiger partial charge in [-0.1, -0.05) is 35.5 Å². The molecule has 1 aromatic carbocycles. The Hall–Kier alpha value is -2.41. The van der Waals surface area contributed by atoms with E-state index >= 15 is 0 Å². The molecule has 134 valence electrons. The number of β-amino-alcohol motifs (C(OH)–C–C–N with tert-alkyl or cyclic N) is 1. The van der Waals surface area contributed by atoms with Gasteiger partial charge in [-0.25, -0.2) is 0 Å². The second-order valence-corrected chi connectivity index (χ2v) is 6.62. The summed E-state index contributed by atoms with van der Waals surface area (Å²) in [6, 6.07) is 8.92. The molecule has 7 heteroatoms. The molecule has 3 unspecified atom stereocenters. The lowest BCUT2D eigenvalue weighted by Gasteiger charge is -2.24. The predicted octanol–water partition coefficient (Wildman–Crippen LogP) is 0.820. The summed E-state index contributed by atoms with van der Waals surface area (Å²) in [6.07, 6.45) is 0.0772. The van der Waals surface area contributed by atoms with Crippen molar-refractivity contribution < 1.29 is 19.5 Å². The molecular formula is C18H23N3O4. The van der Waals surface area contributed by atoms with E-state index in [1.807, 2.05) is 37.3 Å². The van der Waals surface area contributed by atoms with Crippen LogP contribution in [0.5, 0.6) is 0 Å². The van der Waals surface area contributed by atoms with E-state index in [4.69, 9.17) is 4.84 Å². The van der Waals surface area contributed by atoms with E-state index in [0.717, 1.165) is 11.3 Å². The van der Waals surface area contributed by atoms with Gasteiger partial charge in [0.15, 0.2) is 0 Å². The predicted molar refractivity (Wildman–Crippen MR) is 91.6 cm³/mol. The minimum absolute atomic E-state index is 0.163. The summed E-state index contributed by atoms with van der Waals surface area (Å²) in [4.78, 5) is 31.7. The minimum Gasteiger partial charge on any atom is -0.392 e. The normalized spacial score (nSPS) is 25.4. The quantitative estimate of drug-likeness (QED) is 0.826. The Kier molecular flexibility index (Phi) is 5.33. The summed E-state index contributed by atoms with van der Waals surface area (Å²) in [6.45, 7) is 2.42. The van der Waals surface area contributed by atoms with E-state index < -0.39 is 12.1 Å². The third-order valence-electron chi connectivity index (χ3n) is 4.49. The fourth-order valence-corrected chi connectivity index (χ4v) is 3.23. The lowest BCUT2D eigenvalue weighted by Crippen LogP contribution is -2.46. The highest BCUT2D eigenvalue weighted by Crippen LogP contribution is 2.22. The number of amides is 2. The molecule has 1 fully saturated rings. The molecule has 1 saturated heterocycles. The van der Waals surface area contributed by atoms with E-state index in [0.29, 0.717) is 13.0 Å². The lowest BCUT2D eigenvalue weighted by atomic mass is 10.1. The first-order chi connectivity index (χ1) is 12.0. The first-order valence-electron chi connectivity index (χ1n) is 8.51. The maximum absolute atomic E-state index is 12.5. The number of carbonyl (C=O) groups excluding carboxylic acids is 2. The number of likely N-dealkylation sites (tertiary alicyclic amines) is 1. The molecular weight excluding hydrogens is 322 g/mol. The van der Waals surface area contributed by atoms with Crippen molar-refractivity contribution in [3.8, 4) is 0 Å². The van der Waals surface area contributed by atoms with Gasteiger partial charge in [-0.05, 0) is 12.5 Å². The Balaban J connectivity index is 1.56. The molecule has 2 aliphatic heterocycles. The smallest absolute Gasteiger partial charge is 0.243 e. The largest absolute Gasteiger partial charge is 0.392 e. The first-order valence-corrected chi connectivity index (χ1v) is 8.51. The minimum atomic E-state index is -0.682. The Morgan fingerprint density at radius 3 is 2.80 bits per heavy atom. The Morgan fingerprint density at radius 2 is 2.12 bits per heavy atom. The molecule has 2 aliphatic rings. The van der Waals surface area contributed by atoms with Crippen molar-refractivity contribution in [2.24, 2.45) is 5.16 Å². The molecule has 0 radical (unpaired) electrons. The summed E-state index contributed by atoms with van der Waals surface area (Å²) in [7, 11) is 0. The third kappa shape index (κ3) is 4.36. The van der Waals surface area contributed by atoms with Crippen LogP contribution in [-0.4, -0.2) is 52.3 Å². The van der Waals surface area contributed by atoms with Crippen molar-refractivity contribution in [1.82, 2.24) is 10.2 Å². The second-order valence-electron chi connectivity index (χ2n) is 6.62. The molecule has 0 saturated carbocycles. The summed E-state index contributed by atoms with van der Waals surface area (Å²) in [5, 5.41) is 16.6. The van der Waals surface area contributed by atoms with Crippen molar-refractivity contribution >= 4 is 17.5 Å². The van der Waals surface area contributed by atoms with Crippen LogP contribution in [0.3, 0.4) is 0 Å². The van der Waals surface area contributed by atoms with Crippen LogP contribution in [0.15, 0.2) is 35.5 Å². The molecule has 3 atom stereocenters. The Bertz CT molecular complexity index is 662. The van der Waals surface area contributed by atoms with Crippen LogP contribution in [0, 0.1) is 0 Å². The zero-order chi connectivity index (χ0) is 17.8. The molecule has 0 bridgehead atoms. The molecule has 0 aromatic heterocycles. The molecule has 0 spiro atoms. The third-order valence-corrected chi connectivity index (χ3v) is 4.49. The number of hydrogen-bond donors (Lipinski definition) is 2. The van der Waals surface area contributed by atoms with Crippen molar-refractivity contribution in [3.05, 3.63) is 35.9 Å². The van der Waals surface area contributed by atoms with E-state index in [9.17, 15) is 14.7 Å². The molecule has 2 amide bonds. The van der Waals surface area contributed by atoms with Crippen LogP contribution >= 0.6 is 0 Å². The Labute approximate surface area is 146 Å². The average molecular weight is 345 g/mol. The van der Waals surface area contributed by atoms with Gasteiger partial charge in [-0.15, -0.1) is 0 Å². The van der Waals surface area contributed by atoms with E-state index in [1.54, 1.807) is 0 Å². The molecule has 0 aliphatic carbocycles. The number of benzene rings is 1. The van der Waals surface area contributed by atoms with Crippen LogP contribution in [0.4, 0.5) is 0 Å². The van der Waals surface area contributed by atoms with Crippen LogP contribution in [-0.2, 0) is 21.0 Å². The SMILES string of the molecule is CC1=NOC(CC(=O)N2CC(O)CC2C(=O)NCc2ccccc2)C1. The number of aliphatic hydroxyl groups excluding tert-OH is 1. The van der Waals surface area contributed by atoms with Gasteiger partial charge < -0.3 is 20.2 Å². The zero-order valence-electron chi connectivity index (χ0n) is 14.2. The number of nitrogens with zero attached hydrogens (tertiary/aromatic N) is 2. The molecule has 25 heavy (non-hydrogen) atoms. The van der Waals surface area contributed by atoms with Crippen LogP contribution in [0.25, 0.3) is 0 Å². The van der Waals surface area contributed by atoms with Gasteiger partial charge in [0.25, 0.3) is 0 Å². The highest BCUT2D eigenvalue weighted by molar-refractivity contribution is 5.89. The van der Waals surface area contributed by atoms with Gasteiger partial charge in [0.05, 0.1) is 18.2 Å². The van der Waals surface area contributed by atoms with E-state index in [-0.39, 0.29) is 37.3 Å². The summed E-state index contributed by atoms with van der Waals surface area (Å²) >= 11 is 0. The van der Waals surface area contributed by atoms with Crippen molar-refractivity contribution in [2.75, 3.05) is 6.54 Å². The highest BCUT2D eigenvalue weighted by atomic mass is 16.6. The van der Waals surface area contributed by atoms with Gasteiger partial charge >= 0.3 is 0 Å². The van der Waals surface area contributed by atoms with Gasteiger partial charge in [0, 0.05) is 25.9 Å². The molecule has 2 heterocycles. The van der Waals surface area contributed by atoms with Gasteiger partial charge in [0.2, 0.25) is 11.8 Å². The highest BCUT2D eigenvalue weighted by Gasteiger charge is 2.39. The molecule has 3 rings (SSSR count). The average Bonchev–Trinajstić information content (AvgIpc) is 3.19. The van der Waals surface area contributed by atoms with E-state index in [2.05, 4.69) is 10.5 Å². The van der Waals surface area contributed by atoms with Gasteiger partial charge in [-0.2, -0.15) is 0 Å². The van der Waals surface area contributed by atoms with Crippen LogP contribution in [0.2, 0.25) is 0 Å².